The van der Waals surface area contributed by atoms with Gasteiger partial charge in [0.2, 0.25) is 11.8 Å². The molecule has 0 heterocycles. The van der Waals surface area contributed by atoms with Gasteiger partial charge in [0, 0.05) is 24.9 Å². The third-order valence-electron chi connectivity index (χ3n) is 2.95. The van der Waals surface area contributed by atoms with Crippen LogP contribution in [0.3, 0.4) is 0 Å². The highest BCUT2D eigenvalue weighted by molar-refractivity contribution is 5.94. The van der Waals surface area contributed by atoms with Crippen molar-refractivity contribution in [2.24, 2.45) is 10.9 Å². The molecule has 0 aromatic heterocycles. The molecule has 5 N–H and O–H groups in total. The Balaban J connectivity index is 2.44. The number of carboxylic acid groups (broad SMARTS) is 1. The van der Waals surface area contributed by atoms with Crippen LogP contribution in [-0.4, -0.2) is 35.1 Å². The summed E-state index contributed by atoms with van der Waals surface area (Å²) in [5.74, 6) is 5.07. The van der Waals surface area contributed by atoms with E-state index in [4.69, 9.17) is 17.4 Å². The number of benzene rings is 1. The summed E-state index contributed by atoms with van der Waals surface area (Å²) in [6.07, 6.45) is 6.16. The summed E-state index contributed by atoms with van der Waals surface area (Å²) >= 11 is 0. The molecule has 8 nitrogen and oxygen atoms in total. The van der Waals surface area contributed by atoms with Crippen LogP contribution in [0.2, 0.25) is 0 Å². The highest BCUT2D eigenvalue weighted by Crippen LogP contribution is 2.09. The fourth-order valence-corrected chi connectivity index (χ4v) is 1.77. The highest BCUT2D eigenvalue weighted by Gasteiger charge is 2.19. The molecule has 1 atom stereocenters. The Morgan fingerprint density at radius 2 is 1.88 bits per heavy atom. The standard InChI is InChI=1S/C16H18N4O4/c1-2-3-13(16(23)24)20-15(22)9-8-14(21)19-12-6-4-11(5-7-12)10-18-17/h1,4-7,10,13H,3,8-9,17H2,(H,19,21)(H,20,22)(H,23,24). The van der Waals surface area contributed by atoms with Crippen LogP contribution in [0.15, 0.2) is 29.4 Å². The van der Waals surface area contributed by atoms with E-state index >= 15 is 0 Å². The fourth-order valence-electron chi connectivity index (χ4n) is 1.77. The van der Waals surface area contributed by atoms with Crippen molar-refractivity contribution in [3.8, 4) is 12.3 Å². The van der Waals surface area contributed by atoms with Crippen molar-refractivity contribution in [2.75, 3.05) is 5.32 Å². The number of hydrazone groups is 1. The van der Waals surface area contributed by atoms with Gasteiger partial charge in [-0.3, -0.25) is 9.59 Å². The van der Waals surface area contributed by atoms with Crippen molar-refractivity contribution in [1.82, 2.24) is 5.32 Å². The maximum absolute atomic E-state index is 11.8. The van der Waals surface area contributed by atoms with Gasteiger partial charge in [0.1, 0.15) is 6.04 Å². The van der Waals surface area contributed by atoms with E-state index in [0.29, 0.717) is 5.69 Å². The molecule has 1 aromatic rings. The van der Waals surface area contributed by atoms with Gasteiger partial charge >= 0.3 is 5.97 Å². The molecule has 0 spiro atoms. The predicted octanol–water partition coefficient (Wildman–Crippen LogP) is 0.291. The Morgan fingerprint density at radius 1 is 1.25 bits per heavy atom. The van der Waals surface area contributed by atoms with Crippen molar-refractivity contribution < 1.29 is 19.5 Å². The van der Waals surface area contributed by atoms with E-state index in [0.717, 1.165) is 5.56 Å². The lowest BCUT2D eigenvalue weighted by Gasteiger charge is -2.11. The molecule has 24 heavy (non-hydrogen) atoms. The Labute approximate surface area is 139 Å². The summed E-state index contributed by atoms with van der Waals surface area (Å²) < 4.78 is 0. The molecule has 0 bridgehead atoms. The van der Waals surface area contributed by atoms with E-state index in [9.17, 15) is 14.4 Å². The molecule has 0 saturated heterocycles. The van der Waals surface area contributed by atoms with E-state index in [1.165, 1.54) is 6.21 Å². The zero-order chi connectivity index (χ0) is 17.9. The molecule has 1 rings (SSSR count). The van der Waals surface area contributed by atoms with E-state index in [-0.39, 0.29) is 25.2 Å². The number of anilines is 1. The van der Waals surface area contributed by atoms with Crippen LogP contribution in [0.4, 0.5) is 5.69 Å². The lowest BCUT2D eigenvalue weighted by atomic mass is 10.2. The Hall–Kier alpha value is -3.34. The van der Waals surface area contributed by atoms with E-state index in [1.807, 2.05) is 0 Å². The number of hydrogen-bond donors (Lipinski definition) is 4. The van der Waals surface area contributed by atoms with Gasteiger partial charge in [-0.1, -0.05) is 12.1 Å². The number of nitrogens with one attached hydrogen (secondary N) is 2. The van der Waals surface area contributed by atoms with Crippen molar-refractivity contribution in [3.63, 3.8) is 0 Å². The minimum Gasteiger partial charge on any atom is -0.480 e. The molecular formula is C16H18N4O4. The summed E-state index contributed by atoms with van der Waals surface area (Å²) in [7, 11) is 0. The van der Waals surface area contributed by atoms with Crippen molar-refractivity contribution in [1.29, 1.82) is 0 Å². The van der Waals surface area contributed by atoms with Gasteiger partial charge in [-0.05, 0) is 17.7 Å². The molecule has 0 aliphatic rings. The molecular weight excluding hydrogens is 312 g/mol. The van der Waals surface area contributed by atoms with Gasteiger partial charge in [0.25, 0.3) is 0 Å². The van der Waals surface area contributed by atoms with Gasteiger partial charge in [-0.25, -0.2) is 4.79 Å². The summed E-state index contributed by atoms with van der Waals surface area (Å²) in [4.78, 5) is 34.3. The van der Waals surface area contributed by atoms with Crippen LogP contribution < -0.4 is 16.5 Å². The van der Waals surface area contributed by atoms with Gasteiger partial charge in [0.15, 0.2) is 0 Å². The van der Waals surface area contributed by atoms with Crippen LogP contribution in [0.5, 0.6) is 0 Å². The molecule has 2 amide bonds. The Morgan fingerprint density at radius 3 is 2.42 bits per heavy atom. The van der Waals surface area contributed by atoms with Gasteiger partial charge in [-0.15, -0.1) is 12.3 Å². The molecule has 0 aliphatic carbocycles. The monoisotopic (exact) mass is 330 g/mol. The molecule has 126 valence electrons. The lowest BCUT2D eigenvalue weighted by molar-refractivity contribution is -0.141. The van der Waals surface area contributed by atoms with E-state index in [1.54, 1.807) is 24.3 Å². The van der Waals surface area contributed by atoms with Crippen LogP contribution in [0.25, 0.3) is 0 Å². The average Bonchev–Trinajstić information content (AvgIpc) is 2.54. The number of rotatable bonds is 8. The number of nitrogens with two attached hydrogens (primary N) is 1. The third-order valence-corrected chi connectivity index (χ3v) is 2.95. The highest BCUT2D eigenvalue weighted by atomic mass is 16.4. The number of carbonyl (C=O) groups is 3. The quantitative estimate of drug-likeness (QED) is 0.235. The maximum Gasteiger partial charge on any atom is 0.327 e. The van der Waals surface area contributed by atoms with Crippen molar-refractivity contribution in [2.45, 2.75) is 25.3 Å². The summed E-state index contributed by atoms with van der Waals surface area (Å²) in [5, 5.41) is 17.2. The predicted molar refractivity (Wildman–Crippen MR) is 89.1 cm³/mol. The molecule has 0 fully saturated rings. The second-order valence-corrected chi connectivity index (χ2v) is 4.81. The Kier molecular flexibility index (Phi) is 7.51. The van der Waals surface area contributed by atoms with Crippen LogP contribution in [0, 0.1) is 12.3 Å². The zero-order valence-corrected chi connectivity index (χ0v) is 12.9. The van der Waals surface area contributed by atoms with Crippen LogP contribution >= 0.6 is 0 Å². The second-order valence-electron chi connectivity index (χ2n) is 4.81. The number of carbonyl (C=O) groups excluding carboxylic acids is 2. The number of nitrogens with zero attached hydrogens (tertiary/aromatic N) is 1. The van der Waals surface area contributed by atoms with Crippen LogP contribution in [0.1, 0.15) is 24.8 Å². The maximum atomic E-state index is 11.8. The largest absolute Gasteiger partial charge is 0.480 e. The topological polar surface area (TPSA) is 134 Å². The molecule has 0 radical (unpaired) electrons. The van der Waals surface area contributed by atoms with E-state index < -0.39 is 17.9 Å². The number of hydrogen-bond acceptors (Lipinski definition) is 5. The van der Waals surface area contributed by atoms with Gasteiger partial charge in [-0.2, -0.15) is 5.10 Å². The number of aliphatic carboxylic acids is 1. The van der Waals surface area contributed by atoms with Gasteiger partial charge in [0.05, 0.1) is 6.21 Å². The third kappa shape index (κ3) is 6.62. The number of amides is 2. The SMILES string of the molecule is C#CCC(NC(=O)CCC(=O)Nc1ccc(C=NN)cc1)C(=O)O. The normalized spacial score (nSPS) is 11.5. The number of terminal acetylenes is 1. The van der Waals surface area contributed by atoms with Gasteiger partial charge < -0.3 is 21.6 Å². The first-order chi connectivity index (χ1) is 11.5. The Bertz CT molecular complexity index is 662. The first-order valence-electron chi connectivity index (χ1n) is 7.05. The first-order valence-corrected chi connectivity index (χ1v) is 7.05. The van der Waals surface area contributed by atoms with Crippen molar-refractivity contribution in [3.05, 3.63) is 29.8 Å². The minimum absolute atomic E-state index is 0.0831. The summed E-state index contributed by atoms with van der Waals surface area (Å²) in [5.41, 5.74) is 1.34. The van der Waals surface area contributed by atoms with E-state index in [2.05, 4.69) is 21.7 Å². The zero-order valence-electron chi connectivity index (χ0n) is 12.9. The molecule has 1 unspecified atom stereocenters. The smallest absolute Gasteiger partial charge is 0.327 e. The molecule has 8 heteroatoms. The first kappa shape index (κ1) is 18.7. The average molecular weight is 330 g/mol. The molecule has 0 saturated carbocycles. The molecule has 0 aliphatic heterocycles. The minimum atomic E-state index is -1.22. The molecule has 1 aromatic carbocycles. The van der Waals surface area contributed by atoms with Crippen molar-refractivity contribution >= 4 is 29.7 Å². The number of carboxylic acids is 1. The fraction of sp³-hybridized carbons (Fsp3) is 0.250. The summed E-state index contributed by atoms with van der Waals surface area (Å²) in [6.45, 7) is 0. The van der Waals surface area contributed by atoms with Crippen LogP contribution in [-0.2, 0) is 14.4 Å². The second kappa shape index (κ2) is 9.63. The lowest BCUT2D eigenvalue weighted by Crippen LogP contribution is -2.40. The summed E-state index contributed by atoms with van der Waals surface area (Å²) in [6, 6.07) is 5.62.